The lowest BCUT2D eigenvalue weighted by Gasteiger charge is -2.32. The van der Waals surface area contributed by atoms with Crippen LogP contribution >= 0.6 is 0 Å². The molecule has 28 heavy (non-hydrogen) atoms. The third kappa shape index (κ3) is 6.51. The van der Waals surface area contributed by atoms with Gasteiger partial charge in [0.1, 0.15) is 12.4 Å². The molecule has 156 valence electrons. The van der Waals surface area contributed by atoms with Gasteiger partial charge in [-0.25, -0.2) is 0 Å². The van der Waals surface area contributed by atoms with E-state index in [4.69, 9.17) is 4.74 Å². The third-order valence-electron chi connectivity index (χ3n) is 5.31. The summed E-state index contributed by atoms with van der Waals surface area (Å²) in [6.45, 7) is 11.0. The zero-order valence-corrected chi connectivity index (χ0v) is 17.6. The van der Waals surface area contributed by atoms with Crippen LogP contribution in [-0.2, 0) is 9.59 Å². The van der Waals surface area contributed by atoms with Gasteiger partial charge in [-0.05, 0) is 44.5 Å². The number of nitrogens with zero attached hydrogens (tertiary/aromatic N) is 2. The minimum Gasteiger partial charge on any atom is -0.490 e. The molecule has 0 aliphatic carbocycles. The minimum absolute atomic E-state index is 0.0335. The Morgan fingerprint density at radius 3 is 2.68 bits per heavy atom. The second-order valence-corrected chi connectivity index (χ2v) is 7.29. The Balaban J connectivity index is 1.93. The van der Waals surface area contributed by atoms with E-state index in [1.165, 1.54) is 0 Å². The van der Waals surface area contributed by atoms with Crippen LogP contribution in [0.4, 0.5) is 5.69 Å². The number of likely N-dealkylation sites (tertiary alicyclic amines) is 1. The molecule has 1 N–H and O–H groups in total. The van der Waals surface area contributed by atoms with Gasteiger partial charge in [-0.3, -0.25) is 9.59 Å². The molecule has 1 saturated heterocycles. The summed E-state index contributed by atoms with van der Waals surface area (Å²) in [5.41, 5.74) is 0.698. The highest BCUT2D eigenvalue weighted by Gasteiger charge is 2.28. The summed E-state index contributed by atoms with van der Waals surface area (Å²) in [4.78, 5) is 29.1. The molecule has 1 aliphatic heterocycles. The van der Waals surface area contributed by atoms with E-state index in [0.29, 0.717) is 31.0 Å². The number of ether oxygens (including phenoxy) is 1. The molecule has 2 rings (SSSR count). The van der Waals surface area contributed by atoms with Crippen LogP contribution in [0.5, 0.6) is 5.75 Å². The van der Waals surface area contributed by atoms with Crippen molar-refractivity contribution in [2.75, 3.05) is 44.6 Å². The number of carbonyl (C=O) groups excluding carboxylic acids is 2. The first-order valence-electron chi connectivity index (χ1n) is 10.6. The molecule has 0 aromatic heterocycles. The molecule has 6 heteroatoms. The largest absolute Gasteiger partial charge is 0.490 e. The highest BCUT2D eigenvalue weighted by Crippen LogP contribution is 2.26. The lowest BCUT2D eigenvalue weighted by atomic mass is 9.96. The van der Waals surface area contributed by atoms with Crippen LogP contribution in [0.2, 0.25) is 0 Å². The van der Waals surface area contributed by atoms with Gasteiger partial charge < -0.3 is 19.9 Å². The zero-order chi connectivity index (χ0) is 20.4. The Labute approximate surface area is 169 Å². The number of hydrogen-bond acceptors (Lipinski definition) is 4. The highest BCUT2D eigenvalue weighted by molar-refractivity contribution is 5.94. The predicted molar refractivity (Wildman–Crippen MR) is 113 cm³/mol. The van der Waals surface area contributed by atoms with Crippen molar-refractivity contribution in [3.05, 3.63) is 24.3 Å². The van der Waals surface area contributed by atoms with Crippen molar-refractivity contribution in [2.24, 2.45) is 5.92 Å². The smallest absolute Gasteiger partial charge is 0.229 e. The molecule has 1 aromatic rings. The van der Waals surface area contributed by atoms with Gasteiger partial charge in [-0.2, -0.15) is 0 Å². The number of amides is 2. The average Bonchev–Trinajstić information content (AvgIpc) is 2.72. The van der Waals surface area contributed by atoms with Crippen molar-refractivity contribution in [3.8, 4) is 5.75 Å². The summed E-state index contributed by atoms with van der Waals surface area (Å²) in [5.74, 6) is 0.643. The van der Waals surface area contributed by atoms with Crippen molar-refractivity contribution in [1.82, 2.24) is 9.80 Å². The van der Waals surface area contributed by atoms with Gasteiger partial charge in [-0.1, -0.05) is 32.9 Å². The summed E-state index contributed by atoms with van der Waals surface area (Å²) in [7, 11) is 0. The van der Waals surface area contributed by atoms with Crippen LogP contribution in [0.3, 0.4) is 0 Å². The van der Waals surface area contributed by atoms with Crippen molar-refractivity contribution < 1.29 is 14.3 Å². The SMILES string of the molecule is CCCC(=O)N1CCCC(C(=O)Nc2ccccc2OCCN(CC)CC)C1. The maximum absolute atomic E-state index is 12.8. The fraction of sp³-hybridized carbons (Fsp3) is 0.636. The van der Waals surface area contributed by atoms with Crippen molar-refractivity contribution in [1.29, 1.82) is 0 Å². The number of hydrogen-bond donors (Lipinski definition) is 1. The summed E-state index contributed by atoms with van der Waals surface area (Å²) in [6, 6.07) is 7.56. The first kappa shape index (κ1) is 22.2. The molecule has 0 radical (unpaired) electrons. The molecule has 1 atom stereocenters. The molecule has 1 aliphatic rings. The molecule has 0 saturated carbocycles. The molecular weight excluding hydrogens is 354 g/mol. The molecule has 1 heterocycles. The van der Waals surface area contributed by atoms with E-state index in [1.807, 2.05) is 36.1 Å². The number of nitrogens with one attached hydrogen (secondary N) is 1. The van der Waals surface area contributed by atoms with E-state index in [2.05, 4.69) is 24.1 Å². The highest BCUT2D eigenvalue weighted by atomic mass is 16.5. The normalized spacial score (nSPS) is 16.9. The maximum Gasteiger partial charge on any atom is 0.229 e. The number of carbonyl (C=O) groups is 2. The fourth-order valence-electron chi connectivity index (χ4n) is 3.54. The first-order chi connectivity index (χ1) is 13.6. The second kappa shape index (κ2) is 11.7. The Bertz CT molecular complexity index is 631. The van der Waals surface area contributed by atoms with Gasteiger partial charge in [0, 0.05) is 26.1 Å². The van der Waals surface area contributed by atoms with Crippen LogP contribution in [0, 0.1) is 5.92 Å². The monoisotopic (exact) mass is 389 g/mol. The summed E-state index contributed by atoms with van der Waals surface area (Å²) in [5, 5.41) is 3.02. The standard InChI is InChI=1S/C22H35N3O3/c1-4-10-21(26)25-14-9-11-18(17-25)22(27)23-19-12-7-8-13-20(19)28-16-15-24(5-2)6-3/h7-8,12-13,18H,4-6,9-11,14-17H2,1-3H3,(H,23,27). The van der Waals surface area contributed by atoms with Gasteiger partial charge in [0.2, 0.25) is 11.8 Å². The number of likely N-dealkylation sites (N-methyl/N-ethyl adjacent to an activating group) is 1. The number of piperidine rings is 1. The lowest BCUT2D eigenvalue weighted by Crippen LogP contribution is -2.43. The molecule has 0 spiro atoms. The minimum atomic E-state index is -0.168. The van der Waals surface area contributed by atoms with Crippen LogP contribution in [-0.4, -0.2) is 60.9 Å². The Hall–Kier alpha value is -2.08. The molecule has 1 unspecified atom stereocenters. The van der Waals surface area contributed by atoms with E-state index < -0.39 is 0 Å². The summed E-state index contributed by atoms with van der Waals surface area (Å²) < 4.78 is 5.93. The Kier molecular flexibility index (Phi) is 9.28. The van der Waals surface area contributed by atoms with E-state index in [0.717, 1.165) is 45.4 Å². The van der Waals surface area contributed by atoms with Gasteiger partial charge in [0.15, 0.2) is 0 Å². The van der Waals surface area contributed by atoms with E-state index >= 15 is 0 Å². The molecule has 1 aromatic carbocycles. The summed E-state index contributed by atoms with van der Waals surface area (Å²) in [6.07, 6.45) is 3.07. The molecule has 0 bridgehead atoms. The topological polar surface area (TPSA) is 61.9 Å². The Morgan fingerprint density at radius 2 is 1.96 bits per heavy atom. The summed E-state index contributed by atoms with van der Waals surface area (Å²) >= 11 is 0. The van der Waals surface area contributed by atoms with Gasteiger partial charge >= 0.3 is 0 Å². The van der Waals surface area contributed by atoms with E-state index in [-0.39, 0.29) is 17.7 Å². The van der Waals surface area contributed by atoms with Gasteiger partial charge in [0.05, 0.1) is 11.6 Å². The lowest BCUT2D eigenvalue weighted by molar-refractivity contribution is -0.134. The van der Waals surface area contributed by atoms with Gasteiger partial charge in [0.25, 0.3) is 0 Å². The van der Waals surface area contributed by atoms with E-state index in [9.17, 15) is 9.59 Å². The average molecular weight is 390 g/mol. The second-order valence-electron chi connectivity index (χ2n) is 7.29. The Morgan fingerprint density at radius 1 is 1.21 bits per heavy atom. The van der Waals surface area contributed by atoms with Crippen LogP contribution < -0.4 is 10.1 Å². The van der Waals surface area contributed by atoms with Crippen LogP contribution in [0.1, 0.15) is 46.5 Å². The molecule has 1 fully saturated rings. The number of benzene rings is 1. The molecule has 6 nitrogen and oxygen atoms in total. The van der Waals surface area contributed by atoms with Crippen LogP contribution in [0.15, 0.2) is 24.3 Å². The van der Waals surface area contributed by atoms with Gasteiger partial charge in [-0.15, -0.1) is 0 Å². The van der Waals surface area contributed by atoms with Crippen molar-refractivity contribution >= 4 is 17.5 Å². The van der Waals surface area contributed by atoms with Crippen molar-refractivity contribution in [3.63, 3.8) is 0 Å². The predicted octanol–water partition coefficient (Wildman–Crippen LogP) is 3.38. The zero-order valence-electron chi connectivity index (χ0n) is 17.6. The molecular formula is C22H35N3O3. The first-order valence-corrected chi connectivity index (χ1v) is 10.6. The van der Waals surface area contributed by atoms with E-state index in [1.54, 1.807) is 0 Å². The number of para-hydroxylation sites is 2. The quantitative estimate of drug-likeness (QED) is 0.666. The fourth-order valence-corrected chi connectivity index (χ4v) is 3.54. The number of anilines is 1. The number of rotatable bonds is 10. The maximum atomic E-state index is 12.8. The van der Waals surface area contributed by atoms with Crippen molar-refractivity contribution in [2.45, 2.75) is 46.5 Å². The van der Waals surface area contributed by atoms with Crippen LogP contribution in [0.25, 0.3) is 0 Å². The third-order valence-corrected chi connectivity index (χ3v) is 5.31. The molecule has 2 amide bonds.